The summed E-state index contributed by atoms with van der Waals surface area (Å²) in [5.41, 5.74) is 0.483. The van der Waals surface area contributed by atoms with Gasteiger partial charge in [-0.2, -0.15) is 0 Å². The van der Waals surface area contributed by atoms with Crippen LogP contribution in [0.5, 0.6) is 0 Å². The molecule has 2 unspecified atom stereocenters. The second-order valence-electron chi connectivity index (χ2n) is 4.18. The highest BCUT2D eigenvalue weighted by molar-refractivity contribution is 9.09. The predicted octanol–water partition coefficient (Wildman–Crippen LogP) is 4.09. The monoisotopic (exact) mass is 303 g/mol. The van der Waals surface area contributed by atoms with Crippen molar-refractivity contribution in [1.82, 2.24) is 0 Å². The standard InChI is InChI=1S/C12H15BrFNO2/c1-3-12(13)8(2)4-9-5-10(14)7-11(6-9)15(16)17/h5-8,12H,3-4H2,1-2H3. The summed E-state index contributed by atoms with van der Waals surface area (Å²) in [6.07, 6.45) is 1.60. The van der Waals surface area contributed by atoms with Crippen molar-refractivity contribution in [2.45, 2.75) is 31.5 Å². The molecule has 0 amide bonds. The van der Waals surface area contributed by atoms with Gasteiger partial charge in [0.05, 0.1) is 11.0 Å². The molecule has 0 aliphatic carbocycles. The Kier molecular flexibility index (Phi) is 5.05. The highest BCUT2D eigenvalue weighted by atomic mass is 79.9. The van der Waals surface area contributed by atoms with Gasteiger partial charge in [0.25, 0.3) is 5.69 Å². The Balaban J connectivity index is 2.87. The number of nitro groups is 1. The zero-order valence-electron chi connectivity index (χ0n) is 9.82. The molecule has 1 aromatic rings. The van der Waals surface area contributed by atoms with Crippen LogP contribution in [0, 0.1) is 21.8 Å². The van der Waals surface area contributed by atoms with Crippen molar-refractivity contribution in [3.63, 3.8) is 0 Å². The topological polar surface area (TPSA) is 43.1 Å². The lowest BCUT2D eigenvalue weighted by molar-refractivity contribution is -0.385. The molecule has 0 fully saturated rings. The number of hydrogen-bond donors (Lipinski definition) is 0. The molecule has 0 bridgehead atoms. The van der Waals surface area contributed by atoms with Crippen molar-refractivity contribution >= 4 is 21.6 Å². The van der Waals surface area contributed by atoms with E-state index in [1.54, 1.807) is 0 Å². The molecule has 1 rings (SSSR count). The minimum atomic E-state index is -0.567. The first-order valence-corrected chi connectivity index (χ1v) is 6.43. The van der Waals surface area contributed by atoms with E-state index >= 15 is 0 Å². The van der Waals surface area contributed by atoms with Crippen molar-refractivity contribution in [1.29, 1.82) is 0 Å². The van der Waals surface area contributed by atoms with Crippen LogP contribution in [-0.4, -0.2) is 9.75 Å². The Morgan fingerprint density at radius 2 is 2.12 bits per heavy atom. The first-order valence-electron chi connectivity index (χ1n) is 5.52. The predicted molar refractivity (Wildman–Crippen MR) is 68.9 cm³/mol. The lowest BCUT2D eigenvalue weighted by Gasteiger charge is -2.16. The van der Waals surface area contributed by atoms with Crippen molar-refractivity contribution in [2.24, 2.45) is 5.92 Å². The third-order valence-corrected chi connectivity index (χ3v) is 4.27. The van der Waals surface area contributed by atoms with E-state index in [1.807, 2.05) is 6.92 Å². The van der Waals surface area contributed by atoms with Gasteiger partial charge in [-0.25, -0.2) is 4.39 Å². The maximum absolute atomic E-state index is 13.2. The molecule has 0 aliphatic rings. The van der Waals surface area contributed by atoms with E-state index in [0.717, 1.165) is 12.5 Å². The van der Waals surface area contributed by atoms with Gasteiger partial charge in [0.1, 0.15) is 5.82 Å². The van der Waals surface area contributed by atoms with Gasteiger partial charge in [0.15, 0.2) is 0 Å². The van der Waals surface area contributed by atoms with E-state index in [0.29, 0.717) is 22.7 Å². The number of alkyl halides is 1. The summed E-state index contributed by atoms with van der Waals surface area (Å²) in [5.74, 6) is -0.245. The SMILES string of the molecule is CCC(Br)C(C)Cc1cc(F)cc([N+](=O)[O-])c1. The summed E-state index contributed by atoms with van der Waals surface area (Å²) in [5, 5.41) is 10.6. The highest BCUT2D eigenvalue weighted by Crippen LogP contribution is 2.23. The van der Waals surface area contributed by atoms with Crippen LogP contribution in [0.1, 0.15) is 25.8 Å². The van der Waals surface area contributed by atoms with Crippen LogP contribution in [0.25, 0.3) is 0 Å². The fourth-order valence-corrected chi connectivity index (χ4v) is 1.95. The fraction of sp³-hybridized carbons (Fsp3) is 0.500. The first-order chi connectivity index (χ1) is 7.93. The Morgan fingerprint density at radius 1 is 1.47 bits per heavy atom. The van der Waals surface area contributed by atoms with Crippen LogP contribution in [0.2, 0.25) is 0 Å². The number of non-ortho nitro benzene ring substituents is 1. The molecule has 0 aromatic heterocycles. The van der Waals surface area contributed by atoms with Crippen molar-refractivity contribution in [2.75, 3.05) is 0 Å². The van der Waals surface area contributed by atoms with Crippen LogP contribution in [0.3, 0.4) is 0 Å². The van der Waals surface area contributed by atoms with Gasteiger partial charge in [-0.3, -0.25) is 10.1 Å². The third kappa shape index (κ3) is 4.07. The number of benzene rings is 1. The molecule has 17 heavy (non-hydrogen) atoms. The van der Waals surface area contributed by atoms with Crippen LogP contribution in [0.4, 0.5) is 10.1 Å². The van der Waals surface area contributed by atoms with Gasteiger partial charge in [0, 0.05) is 10.9 Å². The van der Waals surface area contributed by atoms with Gasteiger partial charge in [-0.15, -0.1) is 0 Å². The molecule has 5 heteroatoms. The normalized spacial score (nSPS) is 14.4. The molecule has 3 nitrogen and oxygen atoms in total. The van der Waals surface area contributed by atoms with Gasteiger partial charge in [-0.05, 0) is 30.4 Å². The Hall–Kier alpha value is -0.970. The maximum atomic E-state index is 13.2. The zero-order valence-corrected chi connectivity index (χ0v) is 11.4. The van der Waals surface area contributed by atoms with E-state index in [9.17, 15) is 14.5 Å². The molecule has 0 aliphatic heterocycles. The molecule has 0 heterocycles. The fourth-order valence-electron chi connectivity index (χ4n) is 1.76. The highest BCUT2D eigenvalue weighted by Gasteiger charge is 2.15. The molecule has 0 saturated carbocycles. The van der Waals surface area contributed by atoms with Gasteiger partial charge in [-0.1, -0.05) is 29.8 Å². The molecule has 94 valence electrons. The van der Waals surface area contributed by atoms with Gasteiger partial charge in [0.2, 0.25) is 0 Å². The van der Waals surface area contributed by atoms with Crippen molar-refractivity contribution in [3.8, 4) is 0 Å². The lowest BCUT2D eigenvalue weighted by atomic mass is 9.96. The van der Waals surface area contributed by atoms with E-state index in [4.69, 9.17) is 0 Å². The van der Waals surface area contributed by atoms with E-state index in [-0.39, 0.29) is 5.69 Å². The van der Waals surface area contributed by atoms with Crippen LogP contribution < -0.4 is 0 Å². The molecule has 0 radical (unpaired) electrons. The van der Waals surface area contributed by atoms with E-state index in [2.05, 4.69) is 22.9 Å². The minimum Gasteiger partial charge on any atom is -0.258 e. The average Bonchev–Trinajstić information content (AvgIpc) is 2.26. The lowest BCUT2D eigenvalue weighted by Crippen LogP contribution is -2.12. The molecular formula is C12H15BrFNO2. The Labute approximate surface area is 108 Å². The smallest absolute Gasteiger partial charge is 0.258 e. The van der Waals surface area contributed by atoms with Gasteiger partial charge < -0.3 is 0 Å². The molecule has 0 saturated heterocycles. The zero-order chi connectivity index (χ0) is 13.0. The summed E-state index contributed by atoms with van der Waals surface area (Å²) in [4.78, 5) is 10.4. The maximum Gasteiger partial charge on any atom is 0.272 e. The Morgan fingerprint density at radius 3 is 2.65 bits per heavy atom. The number of nitrogens with zero attached hydrogens (tertiary/aromatic N) is 1. The second-order valence-corrected chi connectivity index (χ2v) is 5.36. The van der Waals surface area contributed by atoms with Crippen LogP contribution in [0.15, 0.2) is 18.2 Å². The molecular weight excluding hydrogens is 289 g/mol. The van der Waals surface area contributed by atoms with Crippen molar-refractivity contribution < 1.29 is 9.31 Å². The number of halogens is 2. The molecule has 1 aromatic carbocycles. The van der Waals surface area contributed by atoms with Crippen LogP contribution >= 0.6 is 15.9 Å². The summed E-state index contributed by atoms with van der Waals surface area (Å²) in [6.45, 7) is 4.10. The van der Waals surface area contributed by atoms with Crippen molar-refractivity contribution in [3.05, 3.63) is 39.7 Å². The number of nitro benzene ring substituents is 1. The number of rotatable bonds is 5. The van der Waals surface area contributed by atoms with Gasteiger partial charge >= 0.3 is 0 Å². The summed E-state index contributed by atoms with van der Waals surface area (Å²) < 4.78 is 13.2. The average molecular weight is 304 g/mol. The Bertz CT molecular complexity index is 411. The summed E-state index contributed by atoms with van der Waals surface area (Å²) >= 11 is 3.54. The molecule has 0 spiro atoms. The minimum absolute atomic E-state index is 0.185. The quantitative estimate of drug-likeness (QED) is 0.467. The molecule has 2 atom stereocenters. The molecule has 0 N–H and O–H groups in total. The second kappa shape index (κ2) is 6.10. The third-order valence-electron chi connectivity index (χ3n) is 2.72. The summed E-state index contributed by atoms with van der Waals surface area (Å²) in [6, 6.07) is 3.74. The number of hydrogen-bond acceptors (Lipinski definition) is 2. The van der Waals surface area contributed by atoms with E-state index < -0.39 is 10.7 Å². The largest absolute Gasteiger partial charge is 0.272 e. The first kappa shape index (κ1) is 14.1. The van der Waals surface area contributed by atoms with E-state index in [1.165, 1.54) is 12.1 Å². The summed E-state index contributed by atoms with van der Waals surface area (Å²) in [7, 11) is 0. The van der Waals surface area contributed by atoms with Crippen LogP contribution in [-0.2, 0) is 6.42 Å².